The molecule has 5 heteroatoms. The highest BCUT2D eigenvalue weighted by Gasteiger charge is 2.08. The maximum absolute atomic E-state index is 11.6. The SMILES string of the molecule is CCCC(O)CNC(=O)c1ccc(OC)nc1. The number of nitrogens with zero attached hydrogens (tertiary/aromatic N) is 1. The maximum Gasteiger partial charge on any atom is 0.252 e. The molecule has 0 fully saturated rings. The zero-order chi connectivity index (χ0) is 12.7. The van der Waals surface area contributed by atoms with Crippen molar-refractivity contribution < 1.29 is 14.6 Å². The summed E-state index contributed by atoms with van der Waals surface area (Å²) in [5, 5.41) is 12.1. The molecule has 94 valence electrons. The molecule has 0 saturated heterocycles. The molecule has 1 unspecified atom stereocenters. The standard InChI is InChI=1S/C12H18N2O3/c1-3-4-10(15)8-14-12(16)9-5-6-11(17-2)13-7-9/h5-7,10,15H,3-4,8H2,1-2H3,(H,14,16). The van der Waals surface area contributed by atoms with Crippen molar-refractivity contribution in [1.29, 1.82) is 0 Å². The van der Waals surface area contributed by atoms with E-state index in [-0.39, 0.29) is 12.5 Å². The zero-order valence-corrected chi connectivity index (χ0v) is 10.1. The number of aromatic nitrogens is 1. The Morgan fingerprint density at radius 2 is 2.35 bits per heavy atom. The molecule has 1 heterocycles. The molecule has 1 aromatic heterocycles. The summed E-state index contributed by atoms with van der Waals surface area (Å²) in [6.45, 7) is 2.25. The molecular formula is C12H18N2O3. The van der Waals surface area contributed by atoms with Crippen LogP contribution in [0.3, 0.4) is 0 Å². The molecule has 0 bridgehead atoms. The van der Waals surface area contributed by atoms with E-state index in [0.29, 0.717) is 17.9 Å². The second-order valence-corrected chi connectivity index (χ2v) is 3.74. The number of hydrogen-bond donors (Lipinski definition) is 2. The fraction of sp³-hybridized carbons (Fsp3) is 0.500. The van der Waals surface area contributed by atoms with Crippen LogP contribution in [0.5, 0.6) is 5.88 Å². The van der Waals surface area contributed by atoms with Crippen molar-refractivity contribution >= 4 is 5.91 Å². The third-order valence-corrected chi connectivity index (χ3v) is 2.33. The molecule has 0 aliphatic heterocycles. The smallest absolute Gasteiger partial charge is 0.252 e. The molecule has 1 amide bonds. The number of rotatable bonds is 6. The Kier molecular flexibility index (Phi) is 5.42. The number of pyridine rings is 1. The predicted molar refractivity (Wildman–Crippen MR) is 64.0 cm³/mol. The summed E-state index contributed by atoms with van der Waals surface area (Å²) >= 11 is 0. The van der Waals surface area contributed by atoms with Gasteiger partial charge in [0.25, 0.3) is 5.91 Å². The summed E-state index contributed by atoms with van der Waals surface area (Å²) in [7, 11) is 1.52. The van der Waals surface area contributed by atoms with Crippen LogP contribution in [0.4, 0.5) is 0 Å². The first-order valence-electron chi connectivity index (χ1n) is 5.63. The number of amides is 1. The number of carbonyl (C=O) groups is 1. The fourth-order valence-corrected chi connectivity index (χ4v) is 1.38. The lowest BCUT2D eigenvalue weighted by atomic mass is 10.2. The Morgan fingerprint density at radius 3 is 2.88 bits per heavy atom. The van der Waals surface area contributed by atoms with Crippen LogP contribution in [0, 0.1) is 0 Å². The number of ether oxygens (including phenoxy) is 1. The van der Waals surface area contributed by atoms with Crippen molar-refractivity contribution in [2.45, 2.75) is 25.9 Å². The third-order valence-electron chi connectivity index (χ3n) is 2.33. The minimum atomic E-state index is -0.491. The molecule has 0 spiro atoms. The molecule has 2 N–H and O–H groups in total. The number of aliphatic hydroxyl groups is 1. The highest BCUT2D eigenvalue weighted by atomic mass is 16.5. The van der Waals surface area contributed by atoms with Gasteiger partial charge in [-0.15, -0.1) is 0 Å². The van der Waals surface area contributed by atoms with E-state index in [1.54, 1.807) is 12.1 Å². The van der Waals surface area contributed by atoms with Gasteiger partial charge < -0.3 is 15.2 Å². The van der Waals surface area contributed by atoms with E-state index in [9.17, 15) is 9.90 Å². The molecule has 1 atom stereocenters. The third kappa shape index (κ3) is 4.40. The molecular weight excluding hydrogens is 220 g/mol. The Balaban J connectivity index is 2.46. The first-order valence-corrected chi connectivity index (χ1v) is 5.63. The number of carbonyl (C=O) groups excluding carboxylic acids is 1. The zero-order valence-electron chi connectivity index (χ0n) is 10.1. The maximum atomic E-state index is 11.6. The van der Waals surface area contributed by atoms with Crippen molar-refractivity contribution in [2.75, 3.05) is 13.7 Å². The average Bonchev–Trinajstić information content (AvgIpc) is 2.36. The van der Waals surface area contributed by atoms with E-state index in [1.807, 2.05) is 6.92 Å². The van der Waals surface area contributed by atoms with E-state index in [4.69, 9.17) is 4.74 Å². The normalized spacial score (nSPS) is 11.9. The van der Waals surface area contributed by atoms with Gasteiger partial charge in [-0.05, 0) is 12.5 Å². The van der Waals surface area contributed by atoms with Gasteiger partial charge in [0.05, 0.1) is 18.8 Å². The monoisotopic (exact) mass is 238 g/mol. The van der Waals surface area contributed by atoms with Crippen molar-refractivity contribution in [3.8, 4) is 5.88 Å². The van der Waals surface area contributed by atoms with Crippen LogP contribution >= 0.6 is 0 Å². The minimum Gasteiger partial charge on any atom is -0.481 e. The quantitative estimate of drug-likeness (QED) is 0.775. The first kappa shape index (κ1) is 13.4. The summed E-state index contributed by atoms with van der Waals surface area (Å²) in [5.41, 5.74) is 0.453. The molecule has 17 heavy (non-hydrogen) atoms. The Labute approximate surface area is 101 Å². The van der Waals surface area contributed by atoms with E-state index >= 15 is 0 Å². The largest absolute Gasteiger partial charge is 0.481 e. The number of hydrogen-bond acceptors (Lipinski definition) is 4. The van der Waals surface area contributed by atoms with Crippen LogP contribution < -0.4 is 10.1 Å². The molecule has 1 rings (SSSR count). The lowest BCUT2D eigenvalue weighted by Crippen LogP contribution is -2.32. The van der Waals surface area contributed by atoms with Gasteiger partial charge in [-0.25, -0.2) is 4.98 Å². The number of nitrogens with one attached hydrogen (secondary N) is 1. The van der Waals surface area contributed by atoms with Crippen molar-refractivity contribution in [2.24, 2.45) is 0 Å². The van der Waals surface area contributed by atoms with Crippen molar-refractivity contribution in [1.82, 2.24) is 10.3 Å². The summed E-state index contributed by atoms with van der Waals surface area (Å²) in [4.78, 5) is 15.6. The van der Waals surface area contributed by atoms with E-state index in [0.717, 1.165) is 6.42 Å². The van der Waals surface area contributed by atoms with Crippen LogP contribution in [0.25, 0.3) is 0 Å². The van der Waals surface area contributed by atoms with Crippen LogP contribution in [-0.4, -0.2) is 35.8 Å². The van der Waals surface area contributed by atoms with Crippen LogP contribution in [0.15, 0.2) is 18.3 Å². The summed E-state index contributed by atoms with van der Waals surface area (Å²) in [6, 6.07) is 3.25. The molecule has 0 aliphatic carbocycles. The Bertz CT molecular complexity index is 351. The highest BCUT2D eigenvalue weighted by Crippen LogP contribution is 2.06. The van der Waals surface area contributed by atoms with Crippen LogP contribution in [-0.2, 0) is 0 Å². The number of methoxy groups -OCH3 is 1. The van der Waals surface area contributed by atoms with Gasteiger partial charge in [0.2, 0.25) is 5.88 Å². The van der Waals surface area contributed by atoms with E-state index in [2.05, 4.69) is 10.3 Å². The lowest BCUT2D eigenvalue weighted by Gasteiger charge is -2.10. The van der Waals surface area contributed by atoms with Crippen molar-refractivity contribution in [3.63, 3.8) is 0 Å². The lowest BCUT2D eigenvalue weighted by molar-refractivity contribution is 0.0909. The van der Waals surface area contributed by atoms with Crippen LogP contribution in [0.2, 0.25) is 0 Å². The van der Waals surface area contributed by atoms with Gasteiger partial charge in [-0.1, -0.05) is 13.3 Å². The van der Waals surface area contributed by atoms with Gasteiger partial charge in [-0.2, -0.15) is 0 Å². The molecule has 0 aromatic carbocycles. The molecule has 0 radical (unpaired) electrons. The van der Waals surface area contributed by atoms with Gasteiger partial charge in [0.1, 0.15) is 0 Å². The van der Waals surface area contributed by atoms with Gasteiger partial charge >= 0.3 is 0 Å². The second kappa shape index (κ2) is 6.85. The van der Waals surface area contributed by atoms with Gasteiger partial charge in [0.15, 0.2) is 0 Å². The topological polar surface area (TPSA) is 71.5 Å². The summed E-state index contributed by atoms with van der Waals surface area (Å²) in [6.07, 6.45) is 2.53. The summed E-state index contributed by atoms with van der Waals surface area (Å²) < 4.78 is 4.90. The average molecular weight is 238 g/mol. The molecule has 1 aromatic rings. The fourth-order valence-electron chi connectivity index (χ4n) is 1.38. The van der Waals surface area contributed by atoms with Gasteiger partial charge in [-0.3, -0.25) is 4.79 Å². The molecule has 5 nitrogen and oxygen atoms in total. The predicted octanol–water partition coefficient (Wildman–Crippen LogP) is 0.981. The Morgan fingerprint density at radius 1 is 1.59 bits per heavy atom. The van der Waals surface area contributed by atoms with E-state index < -0.39 is 6.10 Å². The number of aliphatic hydroxyl groups excluding tert-OH is 1. The van der Waals surface area contributed by atoms with E-state index in [1.165, 1.54) is 13.3 Å². The van der Waals surface area contributed by atoms with Crippen molar-refractivity contribution in [3.05, 3.63) is 23.9 Å². The first-order chi connectivity index (χ1) is 8.17. The van der Waals surface area contributed by atoms with Gasteiger partial charge in [0, 0.05) is 18.8 Å². The molecule has 0 aliphatic rings. The van der Waals surface area contributed by atoms with Crippen LogP contribution in [0.1, 0.15) is 30.1 Å². The second-order valence-electron chi connectivity index (χ2n) is 3.74. The molecule has 0 saturated carbocycles. The highest BCUT2D eigenvalue weighted by molar-refractivity contribution is 5.93. The Hall–Kier alpha value is -1.62. The summed E-state index contributed by atoms with van der Waals surface area (Å²) in [5.74, 6) is 0.225. The minimum absolute atomic E-state index is 0.240.